The minimum atomic E-state index is -0.897. The molecule has 5 rings (SSSR count). The quantitative estimate of drug-likeness (QED) is 0.281. The van der Waals surface area contributed by atoms with Gasteiger partial charge < -0.3 is 25.8 Å². The first kappa shape index (κ1) is 35.5. The lowest BCUT2D eigenvalue weighted by Gasteiger charge is -2.47. The largest absolute Gasteiger partial charge is 0.335 e. The molecule has 0 radical (unpaired) electrons. The number of nitrogens with one attached hydrogen (secondary N) is 3. The third-order valence-corrected chi connectivity index (χ3v) is 10.4. The fourth-order valence-electron chi connectivity index (χ4n) is 7.52. The number of rotatable bonds is 12. The fourth-order valence-corrected chi connectivity index (χ4v) is 7.52. The standard InChI is InChI=1S/C36H52FN7O4/c1-5-44-31(16-17-38-44)32(45)22-27(25-10-7-6-8-11-25)33(46)40-29-15-14-24(20-28(29)37)21-30(41-35(48)39-26-12-9-13-26)34(47)43-19-18-42(4)23-36(43,2)3/h14-17,20,25-27,30H,5-13,18-19,21-23H2,1-4H3,(H,40,46)(H2,39,41,48)/t27-,30+/m0/s1. The molecule has 3 aliphatic rings. The van der Waals surface area contributed by atoms with E-state index in [1.165, 1.54) is 12.1 Å². The van der Waals surface area contributed by atoms with E-state index in [0.717, 1.165) is 57.9 Å². The number of hydrogen-bond acceptors (Lipinski definition) is 6. The van der Waals surface area contributed by atoms with Gasteiger partial charge in [-0.3, -0.25) is 19.1 Å². The number of nitrogens with zero attached hydrogens (tertiary/aromatic N) is 4. The SMILES string of the molecule is CCn1nccc1C(=O)C[C@H](C(=O)Nc1ccc(C[C@@H](NC(=O)NC2CCC2)C(=O)N2CCN(C)CC2(C)C)cc1F)C1CCCCC1. The van der Waals surface area contributed by atoms with E-state index >= 15 is 4.39 Å². The second-order valence-electron chi connectivity index (χ2n) is 14.5. The second-order valence-corrected chi connectivity index (χ2v) is 14.5. The predicted octanol–water partition coefficient (Wildman–Crippen LogP) is 4.77. The van der Waals surface area contributed by atoms with Gasteiger partial charge in [0.15, 0.2) is 5.78 Å². The highest BCUT2D eigenvalue weighted by molar-refractivity contribution is 6.00. The molecular formula is C36H52FN7O4. The first-order chi connectivity index (χ1) is 22.9. The number of amides is 4. The molecule has 3 fully saturated rings. The van der Waals surface area contributed by atoms with Gasteiger partial charge in [0.2, 0.25) is 11.8 Å². The topological polar surface area (TPSA) is 129 Å². The molecule has 0 unspecified atom stereocenters. The highest BCUT2D eigenvalue weighted by Crippen LogP contribution is 2.34. The Labute approximate surface area is 283 Å². The molecule has 3 N–H and O–H groups in total. The summed E-state index contributed by atoms with van der Waals surface area (Å²) in [6.07, 6.45) is 9.39. The predicted molar refractivity (Wildman–Crippen MR) is 182 cm³/mol. The number of carbonyl (C=O) groups is 4. The summed E-state index contributed by atoms with van der Waals surface area (Å²) < 4.78 is 17.3. The van der Waals surface area contributed by atoms with Crippen molar-refractivity contribution in [1.82, 2.24) is 30.2 Å². The van der Waals surface area contributed by atoms with Gasteiger partial charge in [-0.15, -0.1) is 0 Å². The zero-order valence-corrected chi connectivity index (χ0v) is 28.9. The summed E-state index contributed by atoms with van der Waals surface area (Å²) in [4.78, 5) is 57.9. The Morgan fingerprint density at radius 2 is 1.77 bits per heavy atom. The van der Waals surface area contributed by atoms with E-state index in [1.54, 1.807) is 23.0 Å². The van der Waals surface area contributed by atoms with Crippen LogP contribution in [0.25, 0.3) is 0 Å². The number of likely N-dealkylation sites (N-methyl/N-ethyl adjacent to an activating group) is 1. The van der Waals surface area contributed by atoms with Crippen LogP contribution < -0.4 is 16.0 Å². The van der Waals surface area contributed by atoms with Crippen LogP contribution in [0.1, 0.15) is 94.6 Å². The van der Waals surface area contributed by atoms with Crippen LogP contribution >= 0.6 is 0 Å². The minimum Gasteiger partial charge on any atom is -0.335 e. The van der Waals surface area contributed by atoms with E-state index in [4.69, 9.17) is 0 Å². The van der Waals surface area contributed by atoms with Gasteiger partial charge >= 0.3 is 6.03 Å². The van der Waals surface area contributed by atoms with Crippen LogP contribution in [0, 0.1) is 17.7 Å². The number of aromatic nitrogens is 2. The maximum absolute atomic E-state index is 15.7. The van der Waals surface area contributed by atoms with E-state index in [1.807, 2.05) is 32.7 Å². The molecule has 2 aliphatic carbocycles. The molecule has 262 valence electrons. The van der Waals surface area contributed by atoms with Crippen LogP contribution in [0.15, 0.2) is 30.5 Å². The monoisotopic (exact) mass is 665 g/mol. The second kappa shape index (κ2) is 15.6. The van der Waals surface area contributed by atoms with Crippen molar-refractivity contribution < 1.29 is 23.6 Å². The molecule has 12 heteroatoms. The van der Waals surface area contributed by atoms with Crippen LogP contribution in [-0.2, 0) is 22.6 Å². The van der Waals surface area contributed by atoms with E-state index in [-0.39, 0.29) is 48.1 Å². The summed E-state index contributed by atoms with van der Waals surface area (Å²) in [5.74, 6) is -1.92. The third kappa shape index (κ3) is 8.61. The highest BCUT2D eigenvalue weighted by atomic mass is 19.1. The number of urea groups is 1. The number of carbonyl (C=O) groups excluding carboxylic acids is 4. The Morgan fingerprint density at radius 1 is 1.02 bits per heavy atom. The van der Waals surface area contributed by atoms with Crippen molar-refractivity contribution >= 4 is 29.3 Å². The Morgan fingerprint density at radius 3 is 2.42 bits per heavy atom. The molecule has 2 aromatic rings. The van der Waals surface area contributed by atoms with E-state index in [9.17, 15) is 19.2 Å². The van der Waals surface area contributed by atoms with E-state index < -0.39 is 29.3 Å². The zero-order chi connectivity index (χ0) is 34.4. The van der Waals surface area contributed by atoms with Crippen molar-refractivity contribution in [1.29, 1.82) is 0 Å². The lowest BCUT2D eigenvalue weighted by atomic mass is 9.77. The normalized spacial score (nSPS) is 20.0. The van der Waals surface area contributed by atoms with Crippen molar-refractivity contribution in [3.8, 4) is 0 Å². The number of benzene rings is 1. The zero-order valence-electron chi connectivity index (χ0n) is 28.9. The molecule has 0 bridgehead atoms. The summed E-state index contributed by atoms with van der Waals surface area (Å²) in [6.45, 7) is 8.41. The molecule has 2 atom stereocenters. The Hall–Kier alpha value is -3.80. The summed E-state index contributed by atoms with van der Waals surface area (Å²) in [5.41, 5.74) is 0.571. The van der Waals surface area contributed by atoms with Crippen molar-refractivity contribution in [3.05, 3.63) is 47.5 Å². The first-order valence-corrected chi connectivity index (χ1v) is 17.7. The van der Waals surface area contributed by atoms with Gasteiger partial charge in [-0.2, -0.15) is 5.10 Å². The van der Waals surface area contributed by atoms with Crippen LogP contribution in [0.4, 0.5) is 14.9 Å². The van der Waals surface area contributed by atoms with Crippen molar-refractivity contribution in [3.63, 3.8) is 0 Å². The van der Waals surface area contributed by atoms with Crippen LogP contribution in [0.3, 0.4) is 0 Å². The third-order valence-electron chi connectivity index (χ3n) is 10.4. The molecule has 1 aliphatic heterocycles. The smallest absolute Gasteiger partial charge is 0.315 e. The summed E-state index contributed by atoms with van der Waals surface area (Å²) in [6, 6.07) is 4.98. The molecule has 1 aromatic carbocycles. The molecule has 48 heavy (non-hydrogen) atoms. The minimum absolute atomic E-state index is 0.0226. The molecule has 1 saturated heterocycles. The first-order valence-electron chi connectivity index (χ1n) is 17.7. The molecule has 2 saturated carbocycles. The van der Waals surface area contributed by atoms with Crippen LogP contribution in [0.2, 0.25) is 0 Å². The van der Waals surface area contributed by atoms with Crippen LogP contribution in [-0.4, -0.2) is 87.5 Å². The number of Topliss-reactive ketones (excluding diaryl/α,β-unsaturated/α-hetero) is 1. The van der Waals surface area contributed by atoms with Gasteiger partial charge in [0.05, 0.1) is 11.2 Å². The van der Waals surface area contributed by atoms with Gasteiger partial charge in [0.1, 0.15) is 17.6 Å². The number of aryl methyl sites for hydroxylation is 1. The summed E-state index contributed by atoms with van der Waals surface area (Å²) in [7, 11) is 2.02. The van der Waals surface area contributed by atoms with Gasteiger partial charge in [0, 0.05) is 57.2 Å². The maximum Gasteiger partial charge on any atom is 0.315 e. The Bertz CT molecular complexity index is 1470. The Balaban J connectivity index is 1.30. The molecule has 1 aromatic heterocycles. The molecule has 0 spiro atoms. The summed E-state index contributed by atoms with van der Waals surface area (Å²) in [5, 5.41) is 12.8. The van der Waals surface area contributed by atoms with Crippen LogP contribution in [0.5, 0.6) is 0 Å². The van der Waals surface area contributed by atoms with Crippen molar-refractivity contribution in [2.75, 3.05) is 32.0 Å². The average Bonchev–Trinajstić information content (AvgIpc) is 3.51. The van der Waals surface area contributed by atoms with Gasteiger partial charge in [0.25, 0.3) is 0 Å². The highest BCUT2D eigenvalue weighted by Gasteiger charge is 2.39. The number of halogens is 1. The van der Waals surface area contributed by atoms with E-state index in [2.05, 4.69) is 25.9 Å². The Kier molecular flexibility index (Phi) is 11.5. The average molecular weight is 666 g/mol. The number of piperazine rings is 1. The molecular weight excluding hydrogens is 613 g/mol. The molecule has 2 heterocycles. The fraction of sp³-hybridized carbons (Fsp3) is 0.639. The lowest BCUT2D eigenvalue weighted by molar-refractivity contribution is -0.142. The van der Waals surface area contributed by atoms with Gasteiger partial charge in [-0.1, -0.05) is 25.3 Å². The number of anilines is 1. The van der Waals surface area contributed by atoms with Gasteiger partial charge in [-0.25, -0.2) is 9.18 Å². The van der Waals surface area contributed by atoms with Gasteiger partial charge in [-0.05, 0) is 89.6 Å². The summed E-state index contributed by atoms with van der Waals surface area (Å²) >= 11 is 0. The van der Waals surface area contributed by atoms with E-state index in [0.29, 0.717) is 30.9 Å². The number of hydrogen-bond donors (Lipinski definition) is 3. The maximum atomic E-state index is 15.7. The lowest BCUT2D eigenvalue weighted by Crippen LogP contribution is -2.64. The number of ketones is 1. The molecule has 11 nitrogen and oxygen atoms in total. The van der Waals surface area contributed by atoms with Crippen molar-refractivity contribution in [2.45, 2.75) is 109 Å². The molecule has 4 amide bonds. The van der Waals surface area contributed by atoms with Crippen molar-refractivity contribution in [2.24, 2.45) is 11.8 Å².